The minimum atomic E-state index is -0.188. The molecule has 0 aliphatic rings. The Bertz CT molecular complexity index is 339. The van der Waals surface area contributed by atoms with Gasteiger partial charge in [0, 0.05) is 6.42 Å². The monoisotopic (exact) mass is 223 g/mol. The number of benzene rings is 1. The Morgan fingerprint density at radius 3 is 2.81 bits per heavy atom. The second-order valence-electron chi connectivity index (χ2n) is 3.29. The molecule has 4 nitrogen and oxygen atoms in total. The second kappa shape index (κ2) is 6.71. The van der Waals surface area contributed by atoms with Gasteiger partial charge in [-0.2, -0.15) is 0 Å². The quantitative estimate of drug-likeness (QED) is 0.455. The highest BCUT2D eigenvalue weighted by Gasteiger charge is 2.02. The number of rotatable bonds is 6. The van der Waals surface area contributed by atoms with E-state index in [2.05, 4.69) is 0 Å². The summed E-state index contributed by atoms with van der Waals surface area (Å²) in [6.07, 6.45) is 1.01. The number of esters is 1. The van der Waals surface area contributed by atoms with Gasteiger partial charge in [-0.3, -0.25) is 4.79 Å². The summed E-state index contributed by atoms with van der Waals surface area (Å²) in [7, 11) is 0. The zero-order chi connectivity index (χ0) is 11.8. The van der Waals surface area contributed by atoms with E-state index in [9.17, 15) is 4.79 Å². The number of para-hydroxylation sites is 2. The van der Waals surface area contributed by atoms with Gasteiger partial charge in [0.05, 0.1) is 18.9 Å². The summed E-state index contributed by atoms with van der Waals surface area (Å²) in [6, 6.07) is 7.29. The molecule has 0 spiro atoms. The lowest BCUT2D eigenvalue weighted by atomic mass is 10.3. The predicted octanol–water partition coefficient (Wildman–Crippen LogP) is 1.99. The molecule has 0 fully saturated rings. The van der Waals surface area contributed by atoms with Crippen molar-refractivity contribution >= 4 is 11.7 Å². The zero-order valence-corrected chi connectivity index (χ0v) is 9.44. The molecule has 4 heteroatoms. The molecule has 16 heavy (non-hydrogen) atoms. The standard InChI is InChI=1S/C12H17NO3/c1-2-15-12(14)8-5-9-16-11-7-4-3-6-10(11)13/h3-4,6-7H,2,5,8-9,13H2,1H3. The van der Waals surface area contributed by atoms with Crippen LogP contribution in [0.25, 0.3) is 0 Å². The van der Waals surface area contributed by atoms with Crippen molar-refractivity contribution in [2.45, 2.75) is 19.8 Å². The number of carbonyl (C=O) groups is 1. The molecule has 1 rings (SSSR count). The summed E-state index contributed by atoms with van der Waals surface area (Å²) in [5.41, 5.74) is 6.30. The molecule has 0 saturated heterocycles. The van der Waals surface area contributed by atoms with Gasteiger partial charge in [0.25, 0.3) is 0 Å². The number of ether oxygens (including phenoxy) is 2. The highest BCUT2D eigenvalue weighted by molar-refractivity contribution is 5.69. The first-order valence-electron chi connectivity index (χ1n) is 5.37. The number of carbonyl (C=O) groups excluding carboxylic acids is 1. The van der Waals surface area contributed by atoms with E-state index in [4.69, 9.17) is 15.2 Å². The Morgan fingerprint density at radius 1 is 1.38 bits per heavy atom. The average molecular weight is 223 g/mol. The Hall–Kier alpha value is -1.71. The van der Waals surface area contributed by atoms with Gasteiger partial charge in [-0.25, -0.2) is 0 Å². The maximum absolute atomic E-state index is 11.0. The lowest BCUT2D eigenvalue weighted by molar-refractivity contribution is -0.143. The van der Waals surface area contributed by atoms with Crippen molar-refractivity contribution in [1.82, 2.24) is 0 Å². The smallest absolute Gasteiger partial charge is 0.305 e. The molecule has 0 unspecified atom stereocenters. The highest BCUT2D eigenvalue weighted by atomic mass is 16.5. The molecular weight excluding hydrogens is 206 g/mol. The van der Waals surface area contributed by atoms with E-state index in [1.165, 1.54) is 0 Å². The highest BCUT2D eigenvalue weighted by Crippen LogP contribution is 2.19. The molecule has 0 aliphatic carbocycles. The fourth-order valence-electron chi connectivity index (χ4n) is 1.24. The molecule has 0 amide bonds. The van der Waals surface area contributed by atoms with Gasteiger partial charge in [0.2, 0.25) is 0 Å². The summed E-state index contributed by atoms with van der Waals surface area (Å²) in [5.74, 6) is 0.471. The van der Waals surface area contributed by atoms with E-state index in [1.807, 2.05) is 12.1 Å². The molecule has 0 saturated carbocycles. The van der Waals surface area contributed by atoms with Gasteiger partial charge < -0.3 is 15.2 Å². The van der Waals surface area contributed by atoms with Gasteiger partial charge in [0.15, 0.2) is 0 Å². The van der Waals surface area contributed by atoms with Crippen LogP contribution in [0.1, 0.15) is 19.8 Å². The van der Waals surface area contributed by atoms with Crippen LogP contribution in [-0.4, -0.2) is 19.2 Å². The van der Waals surface area contributed by atoms with Crippen molar-refractivity contribution in [1.29, 1.82) is 0 Å². The van der Waals surface area contributed by atoms with E-state index in [0.717, 1.165) is 0 Å². The third-order valence-corrected chi connectivity index (χ3v) is 2.01. The maximum atomic E-state index is 11.0. The van der Waals surface area contributed by atoms with E-state index in [0.29, 0.717) is 37.5 Å². The van der Waals surface area contributed by atoms with Gasteiger partial charge in [-0.1, -0.05) is 12.1 Å². The van der Waals surface area contributed by atoms with Crippen molar-refractivity contribution in [2.75, 3.05) is 18.9 Å². The van der Waals surface area contributed by atoms with Crippen LogP contribution in [0.4, 0.5) is 5.69 Å². The van der Waals surface area contributed by atoms with Crippen molar-refractivity contribution in [3.05, 3.63) is 24.3 Å². The van der Waals surface area contributed by atoms with E-state index < -0.39 is 0 Å². The lowest BCUT2D eigenvalue weighted by Gasteiger charge is -2.07. The largest absolute Gasteiger partial charge is 0.491 e. The summed E-state index contributed by atoms with van der Waals surface area (Å²) in [6.45, 7) is 2.68. The van der Waals surface area contributed by atoms with Crippen LogP contribution in [0.3, 0.4) is 0 Å². The van der Waals surface area contributed by atoms with Crippen molar-refractivity contribution in [2.24, 2.45) is 0 Å². The topological polar surface area (TPSA) is 61.5 Å². The maximum Gasteiger partial charge on any atom is 0.305 e. The van der Waals surface area contributed by atoms with Gasteiger partial charge in [0.1, 0.15) is 5.75 Å². The minimum Gasteiger partial charge on any atom is -0.491 e. The molecule has 1 aromatic rings. The van der Waals surface area contributed by atoms with Crippen molar-refractivity contribution < 1.29 is 14.3 Å². The summed E-state index contributed by atoms with van der Waals surface area (Å²) < 4.78 is 10.2. The van der Waals surface area contributed by atoms with Crippen LogP contribution in [0.2, 0.25) is 0 Å². The molecule has 0 atom stereocenters. The first-order chi connectivity index (χ1) is 7.74. The first kappa shape index (κ1) is 12.4. The molecule has 88 valence electrons. The number of nitrogens with two attached hydrogens (primary N) is 1. The number of anilines is 1. The summed E-state index contributed by atoms with van der Waals surface area (Å²) in [5, 5.41) is 0. The predicted molar refractivity (Wildman–Crippen MR) is 62.2 cm³/mol. The third kappa shape index (κ3) is 4.21. The number of hydrogen-bond donors (Lipinski definition) is 1. The Balaban J connectivity index is 2.21. The Morgan fingerprint density at radius 2 is 2.12 bits per heavy atom. The molecule has 2 N–H and O–H groups in total. The minimum absolute atomic E-state index is 0.188. The fourth-order valence-corrected chi connectivity index (χ4v) is 1.24. The SMILES string of the molecule is CCOC(=O)CCCOc1ccccc1N. The normalized spacial score (nSPS) is 9.81. The second-order valence-corrected chi connectivity index (χ2v) is 3.29. The van der Waals surface area contributed by atoms with E-state index in [1.54, 1.807) is 19.1 Å². The molecular formula is C12H17NO3. The van der Waals surface area contributed by atoms with Crippen LogP contribution in [-0.2, 0) is 9.53 Å². The van der Waals surface area contributed by atoms with Crippen LogP contribution in [0, 0.1) is 0 Å². The summed E-state index contributed by atoms with van der Waals surface area (Å²) in [4.78, 5) is 11.0. The van der Waals surface area contributed by atoms with Crippen LogP contribution in [0.5, 0.6) is 5.75 Å². The first-order valence-corrected chi connectivity index (χ1v) is 5.37. The van der Waals surface area contributed by atoms with Crippen LogP contribution < -0.4 is 10.5 Å². The third-order valence-electron chi connectivity index (χ3n) is 2.01. The fraction of sp³-hybridized carbons (Fsp3) is 0.417. The molecule has 0 aliphatic heterocycles. The van der Waals surface area contributed by atoms with Crippen molar-refractivity contribution in [3.63, 3.8) is 0 Å². The van der Waals surface area contributed by atoms with E-state index >= 15 is 0 Å². The Kier molecular flexibility index (Phi) is 5.19. The van der Waals surface area contributed by atoms with Gasteiger partial charge in [-0.05, 0) is 25.5 Å². The van der Waals surface area contributed by atoms with Gasteiger partial charge in [-0.15, -0.1) is 0 Å². The molecule has 0 radical (unpaired) electrons. The summed E-state index contributed by atoms with van der Waals surface area (Å²) >= 11 is 0. The Labute approximate surface area is 95.3 Å². The van der Waals surface area contributed by atoms with Gasteiger partial charge >= 0.3 is 5.97 Å². The molecule has 0 aromatic heterocycles. The van der Waals surface area contributed by atoms with Crippen LogP contribution in [0.15, 0.2) is 24.3 Å². The zero-order valence-electron chi connectivity index (χ0n) is 9.44. The van der Waals surface area contributed by atoms with Crippen LogP contribution >= 0.6 is 0 Å². The molecule has 0 heterocycles. The lowest BCUT2D eigenvalue weighted by Crippen LogP contribution is -2.07. The molecule has 1 aromatic carbocycles. The number of hydrogen-bond acceptors (Lipinski definition) is 4. The average Bonchev–Trinajstić information content (AvgIpc) is 2.27. The van der Waals surface area contributed by atoms with Crippen molar-refractivity contribution in [3.8, 4) is 5.75 Å². The molecule has 0 bridgehead atoms. The van der Waals surface area contributed by atoms with E-state index in [-0.39, 0.29) is 5.97 Å². The number of nitrogen functional groups attached to an aromatic ring is 1.